The van der Waals surface area contributed by atoms with Gasteiger partial charge in [0.05, 0.1) is 0 Å². The fourth-order valence-electron chi connectivity index (χ4n) is 2.49. The maximum atomic E-state index is 5.36. The van der Waals surface area contributed by atoms with Gasteiger partial charge in [0.15, 0.2) is 0 Å². The molecule has 80 valence electrons. The lowest BCUT2D eigenvalue weighted by molar-refractivity contribution is 0.265. The van der Waals surface area contributed by atoms with Crippen molar-refractivity contribution in [3.63, 3.8) is 0 Å². The molecule has 0 saturated carbocycles. The molecule has 14 heavy (non-hydrogen) atoms. The van der Waals surface area contributed by atoms with Crippen molar-refractivity contribution in [2.75, 3.05) is 14.2 Å². The predicted molar refractivity (Wildman–Crippen MR) is 60.1 cm³/mol. The molecule has 0 radical (unpaired) electrons. The van der Waals surface area contributed by atoms with E-state index in [2.05, 4.69) is 20.8 Å². The van der Waals surface area contributed by atoms with Crippen LogP contribution in [0.15, 0.2) is 11.0 Å². The number of hydrogen-bond acceptors (Lipinski definition) is 2. The summed E-state index contributed by atoms with van der Waals surface area (Å²) in [6, 6.07) is 0. The zero-order valence-electron chi connectivity index (χ0n) is 10.0. The molecular weight excluding hydrogens is 175 g/mol. The number of rotatable bonds is 3. The van der Waals surface area contributed by atoms with Gasteiger partial charge < -0.3 is 9.31 Å². The Labute approximate surface area is 87.8 Å². The van der Waals surface area contributed by atoms with Crippen molar-refractivity contribution in [3.8, 4) is 0 Å². The Morgan fingerprint density at radius 2 is 1.79 bits per heavy atom. The van der Waals surface area contributed by atoms with Gasteiger partial charge in [-0.25, -0.2) is 0 Å². The van der Waals surface area contributed by atoms with Crippen LogP contribution >= 0.6 is 0 Å². The summed E-state index contributed by atoms with van der Waals surface area (Å²) in [4.78, 5) is 0. The minimum absolute atomic E-state index is 0.162. The lowest BCUT2D eigenvalue weighted by atomic mass is 9.57. The highest BCUT2D eigenvalue weighted by atomic mass is 16.6. The van der Waals surface area contributed by atoms with Gasteiger partial charge in [-0.2, -0.15) is 0 Å². The summed E-state index contributed by atoms with van der Waals surface area (Å²) in [5.74, 6) is 0. The summed E-state index contributed by atoms with van der Waals surface area (Å²) in [6.45, 7) is 6.74. The molecule has 0 heterocycles. The highest BCUT2D eigenvalue weighted by Crippen LogP contribution is 2.41. The van der Waals surface area contributed by atoms with E-state index >= 15 is 0 Å². The monoisotopic (exact) mass is 196 g/mol. The SMILES string of the molecule is COB(OC)C1=C(C)CCCC1(C)C. The molecule has 0 amide bonds. The van der Waals surface area contributed by atoms with Crippen LogP contribution in [-0.4, -0.2) is 21.3 Å². The molecule has 0 fully saturated rings. The molecule has 1 aliphatic carbocycles. The molecule has 0 aliphatic heterocycles. The van der Waals surface area contributed by atoms with Crippen molar-refractivity contribution in [1.82, 2.24) is 0 Å². The zero-order valence-corrected chi connectivity index (χ0v) is 10.0. The molecule has 0 aromatic carbocycles. The van der Waals surface area contributed by atoms with Crippen molar-refractivity contribution in [3.05, 3.63) is 11.0 Å². The Bertz CT molecular complexity index is 229. The Morgan fingerprint density at radius 3 is 2.21 bits per heavy atom. The normalized spacial score (nSPS) is 21.2. The topological polar surface area (TPSA) is 18.5 Å². The number of hydrogen-bond donors (Lipinski definition) is 0. The van der Waals surface area contributed by atoms with Crippen molar-refractivity contribution < 1.29 is 9.31 Å². The van der Waals surface area contributed by atoms with Gasteiger partial charge in [0.2, 0.25) is 0 Å². The molecule has 3 heteroatoms. The second-order valence-corrected chi connectivity index (χ2v) is 4.73. The summed E-state index contributed by atoms with van der Waals surface area (Å²) in [5, 5.41) is 0. The highest BCUT2D eigenvalue weighted by Gasteiger charge is 2.37. The highest BCUT2D eigenvalue weighted by molar-refractivity contribution is 6.54. The quantitative estimate of drug-likeness (QED) is 0.646. The van der Waals surface area contributed by atoms with Crippen LogP contribution in [-0.2, 0) is 9.31 Å². The second kappa shape index (κ2) is 4.50. The third-order valence-corrected chi connectivity index (χ3v) is 3.21. The molecule has 0 saturated heterocycles. The smallest absolute Gasteiger partial charge is 0.410 e. The van der Waals surface area contributed by atoms with Crippen molar-refractivity contribution in [2.45, 2.75) is 40.0 Å². The average Bonchev–Trinajstić information content (AvgIpc) is 2.11. The van der Waals surface area contributed by atoms with Gasteiger partial charge in [-0.15, -0.1) is 0 Å². The van der Waals surface area contributed by atoms with E-state index in [-0.39, 0.29) is 12.5 Å². The van der Waals surface area contributed by atoms with Gasteiger partial charge in [0.25, 0.3) is 0 Å². The molecular formula is C11H21BO2. The van der Waals surface area contributed by atoms with Gasteiger partial charge in [0.1, 0.15) is 0 Å². The van der Waals surface area contributed by atoms with Gasteiger partial charge in [-0.3, -0.25) is 0 Å². The molecule has 0 aromatic heterocycles. The fourth-order valence-corrected chi connectivity index (χ4v) is 2.49. The zero-order chi connectivity index (χ0) is 10.8. The molecule has 1 aliphatic rings. The Balaban J connectivity index is 3.00. The number of allylic oxidation sites excluding steroid dienone is 2. The van der Waals surface area contributed by atoms with Crippen molar-refractivity contribution >= 4 is 7.12 Å². The lowest BCUT2D eigenvalue weighted by Crippen LogP contribution is -2.35. The van der Waals surface area contributed by atoms with E-state index < -0.39 is 0 Å². The van der Waals surface area contributed by atoms with Crippen LogP contribution < -0.4 is 0 Å². The molecule has 0 aromatic rings. The first-order valence-electron chi connectivity index (χ1n) is 5.28. The summed E-state index contributed by atoms with van der Waals surface area (Å²) in [7, 11) is 3.25. The van der Waals surface area contributed by atoms with E-state index in [9.17, 15) is 0 Å². The van der Waals surface area contributed by atoms with Gasteiger partial charge >= 0.3 is 7.12 Å². The van der Waals surface area contributed by atoms with E-state index in [4.69, 9.17) is 9.31 Å². The van der Waals surface area contributed by atoms with Crippen LogP contribution in [0.1, 0.15) is 40.0 Å². The average molecular weight is 196 g/mol. The summed E-state index contributed by atoms with van der Waals surface area (Å²) < 4.78 is 10.7. The first-order chi connectivity index (χ1) is 6.53. The molecule has 0 unspecified atom stereocenters. The molecule has 0 atom stereocenters. The molecule has 2 nitrogen and oxygen atoms in total. The molecule has 1 rings (SSSR count). The maximum Gasteiger partial charge on any atom is 0.489 e. The van der Waals surface area contributed by atoms with E-state index in [1.807, 2.05) is 0 Å². The molecule has 0 N–H and O–H groups in total. The second-order valence-electron chi connectivity index (χ2n) is 4.73. The molecule has 0 bridgehead atoms. The minimum Gasteiger partial charge on any atom is -0.410 e. The van der Waals surface area contributed by atoms with Crippen LogP contribution in [0, 0.1) is 5.41 Å². The van der Waals surface area contributed by atoms with E-state index in [0.29, 0.717) is 0 Å². The summed E-state index contributed by atoms with van der Waals surface area (Å²) in [6.07, 6.45) is 3.69. The van der Waals surface area contributed by atoms with E-state index in [1.165, 1.54) is 30.3 Å². The first-order valence-corrected chi connectivity index (χ1v) is 5.28. The van der Waals surface area contributed by atoms with E-state index in [0.717, 1.165) is 0 Å². The van der Waals surface area contributed by atoms with E-state index in [1.54, 1.807) is 14.2 Å². The molecule has 0 spiro atoms. The van der Waals surface area contributed by atoms with Crippen LogP contribution in [0.3, 0.4) is 0 Å². The van der Waals surface area contributed by atoms with Crippen LogP contribution in [0.4, 0.5) is 0 Å². The first kappa shape index (κ1) is 11.8. The minimum atomic E-state index is -0.162. The maximum absolute atomic E-state index is 5.36. The summed E-state index contributed by atoms with van der Waals surface area (Å²) >= 11 is 0. The predicted octanol–water partition coefficient (Wildman–Crippen LogP) is 2.83. The van der Waals surface area contributed by atoms with Crippen LogP contribution in [0.2, 0.25) is 0 Å². The Kier molecular flexibility index (Phi) is 3.79. The van der Waals surface area contributed by atoms with Gasteiger partial charge in [-0.1, -0.05) is 19.4 Å². The lowest BCUT2D eigenvalue weighted by Gasteiger charge is -2.35. The fraction of sp³-hybridized carbons (Fsp3) is 0.818. The van der Waals surface area contributed by atoms with Gasteiger partial charge in [0, 0.05) is 14.2 Å². The third kappa shape index (κ3) is 2.21. The van der Waals surface area contributed by atoms with Crippen molar-refractivity contribution in [2.24, 2.45) is 5.41 Å². The van der Waals surface area contributed by atoms with Crippen LogP contribution in [0.25, 0.3) is 0 Å². The van der Waals surface area contributed by atoms with Gasteiger partial charge in [-0.05, 0) is 37.1 Å². The Morgan fingerprint density at radius 1 is 1.21 bits per heavy atom. The standard InChI is InChI=1S/C11H21BO2/c1-9-7-6-8-11(2,3)10(9)12(13-4)14-5/h6-8H2,1-5H3. The Hall–Kier alpha value is -0.275. The third-order valence-electron chi connectivity index (χ3n) is 3.21. The van der Waals surface area contributed by atoms with Crippen molar-refractivity contribution in [1.29, 1.82) is 0 Å². The largest absolute Gasteiger partial charge is 0.489 e. The summed E-state index contributed by atoms with van der Waals surface area (Å²) in [5.41, 5.74) is 3.00. The van der Waals surface area contributed by atoms with Crippen LogP contribution in [0.5, 0.6) is 0 Å².